The number of benzene rings is 1. The summed E-state index contributed by atoms with van der Waals surface area (Å²) in [6.45, 7) is 3.32. The quantitative estimate of drug-likeness (QED) is 0.764. The molecule has 4 fully saturated rings. The summed E-state index contributed by atoms with van der Waals surface area (Å²) in [7, 11) is 2.19. The zero-order valence-electron chi connectivity index (χ0n) is 17.4. The summed E-state index contributed by atoms with van der Waals surface area (Å²) in [5, 5.41) is 3.69. The number of nitrogens with zero attached hydrogens (tertiary/aromatic N) is 1. The van der Waals surface area contributed by atoms with Crippen LogP contribution in [0.15, 0.2) is 33.5 Å². The highest BCUT2D eigenvalue weighted by molar-refractivity contribution is 5.92. The van der Waals surface area contributed by atoms with Gasteiger partial charge in [-0.25, -0.2) is 4.79 Å². The van der Waals surface area contributed by atoms with E-state index in [-0.39, 0.29) is 11.5 Å². The molecule has 154 valence electrons. The number of rotatable bonds is 5. The molecule has 1 amide bonds. The Labute approximate surface area is 171 Å². The zero-order valence-corrected chi connectivity index (χ0v) is 17.4. The molecule has 5 heteroatoms. The normalized spacial score (nSPS) is 30.2. The Bertz CT molecular complexity index is 974. The van der Waals surface area contributed by atoms with Gasteiger partial charge in [-0.15, -0.1) is 0 Å². The number of carbonyl (C=O) groups excluding carboxylic acids is 1. The van der Waals surface area contributed by atoms with Crippen molar-refractivity contribution in [3.05, 3.63) is 40.2 Å². The minimum atomic E-state index is -0.337. The summed E-state index contributed by atoms with van der Waals surface area (Å²) in [6.07, 6.45) is 8.56. The molecule has 1 aromatic carbocycles. The van der Waals surface area contributed by atoms with Crippen LogP contribution < -0.4 is 10.9 Å². The van der Waals surface area contributed by atoms with Crippen LogP contribution in [-0.2, 0) is 11.3 Å². The molecule has 5 nitrogen and oxygen atoms in total. The smallest absolute Gasteiger partial charge is 0.336 e. The number of hydrogen-bond donors (Lipinski definition) is 1. The van der Waals surface area contributed by atoms with Gasteiger partial charge in [0.25, 0.3) is 0 Å². The molecule has 0 aliphatic heterocycles. The largest absolute Gasteiger partial charge is 0.423 e. The highest BCUT2D eigenvalue weighted by Crippen LogP contribution is 2.60. The summed E-state index contributed by atoms with van der Waals surface area (Å²) in [5.74, 6) is 2.71. The topological polar surface area (TPSA) is 62.6 Å². The van der Waals surface area contributed by atoms with E-state index in [1.165, 1.54) is 45.4 Å². The van der Waals surface area contributed by atoms with E-state index in [9.17, 15) is 9.59 Å². The molecule has 4 aliphatic rings. The van der Waals surface area contributed by atoms with E-state index in [1.807, 2.05) is 12.1 Å². The number of fused-ring (bicyclic) bond motifs is 1. The minimum Gasteiger partial charge on any atom is -0.423 e. The maximum Gasteiger partial charge on any atom is 0.336 e. The van der Waals surface area contributed by atoms with Gasteiger partial charge in [0.15, 0.2) is 0 Å². The SMILES string of the molecule is CC(=O)Nc1ccc2c(CN(C)CC34CC5CC(CC(C5)C3)C4)cc(=O)oc2c1. The fraction of sp³-hybridized carbons (Fsp3) is 0.583. The fourth-order valence-corrected chi connectivity index (χ4v) is 7.04. The molecule has 0 atom stereocenters. The lowest BCUT2D eigenvalue weighted by Crippen LogP contribution is -2.50. The van der Waals surface area contributed by atoms with Crippen LogP contribution in [0.2, 0.25) is 0 Å². The van der Waals surface area contributed by atoms with Crippen LogP contribution >= 0.6 is 0 Å². The van der Waals surface area contributed by atoms with Crippen LogP contribution in [0.3, 0.4) is 0 Å². The second-order valence-corrected chi connectivity index (χ2v) is 10.1. The summed E-state index contributed by atoms with van der Waals surface area (Å²) in [6, 6.07) is 7.17. The average molecular weight is 395 g/mol. The first-order chi connectivity index (χ1) is 13.9. The molecule has 6 rings (SSSR count). The molecule has 0 unspecified atom stereocenters. The lowest BCUT2D eigenvalue weighted by Gasteiger charge is -2.57. The van der Waals surface area contributed by atoms with E-state index < -0.39 is 0 Å². The molecule has 1 heterocycles. The number of amides is 1. The molecule has 4 aliphatic carbocycles. The lowest BCUT2D eigenvalue weighted by atomic mass is 9.49. The lowest BCUT2D eigenvalue weighted by molar-refractivity contribution is -0.114. The van der Waals surface area contributed by atoms with Crippen LogP contribution in [0.1, 0.15) is 51.0 Å². The van der Waals surface area contributed by atoms with Crippen molar-refractivity contribution in [2.45, 2.75) is 52.0 Å². The predicted octanol–water partition coefficient (Wildman–Crippen LogP) is 4.40. The van der Waals surface area contributed by atoms with Crippen LogP contribution in [0, 0.1) is 23.2 Å². The van der Waals surface area contributed by atoms with Gasteiger partial charge in [-0.2, -0.15) is 0 Å². The van der Waals surface area contributed by atoms with Gasteiger partial charge in [0.05, 0.1) is 0 Å². The van der Waals surface area contributed by atoms with Crippen LogP contribution in [0.25, 0.3) is 11.0 Å². The standard InChI is InChI=1S/C24H30N2O3/c1-15(27)25-20-3-4-21-19(8-23(28)29-22(21)9-20)13-26(2)14-24-10-16-5-17(11-24)7-18(6-16)12-24/h3-4,8-9,16-18H,5-7,10-14H2,1-2H3,(H,25,27). The van der Waals surface area contributed by atoms with Gasteiger partial charge in [-0.05, 0) is 86.4 Å². The van der Waals surface area contributed by atoms with Gasteiger partial charge in [0.2, 0.25) is 5.91 Å². The molecule has 0 spiro atoms. The van der Waals surface area contributed by atoms with Crippen molar-refractivity contribution < 1.29 is 9.21 Å². The van der Waals surface area contributed by atoms with Crippen molar-refractivity contribution in [1.82, 2.24) is 4.90 Å². The number of hydrogen-bond acceptors (Lipinski definition) is 4. The van der Waals surface area contributed by atoms with Gasteiger partial charge < -0.3 is 14.6 Å². The molecule has 4 bridgehead atoms. The molecule has 1 N–H and O–H groups in total. The molecule has 0 radical (unpaired) electrons. The van der Waals surface area contributed by atoms with E-state index in [4.69, 9.17) is 4.42 Å². The van der Waals surface area contributed by atoms with Crippen LogP contribution in [0.4, 0.5) is 5.69 Å². The van der Waals surface area contributed by atoms with Gasteiger partial charge in [-0.3, -0.25) is 4.79 Å². The second-order valence-electron chi connectivity index (χ2n) is 10.1. The minimum absolute atomic E-state index is 0.141. The van der Waals surface area contributed by atoms with E-state index in [1.54, 1.807) is 12.1 Å². The summed E-state index contributed by atoms with van der Waals surface area (Å²) in [4.78, 5) is 25.9. The Morgan fingerprint density at radius 3 is 2.41 bits per heavy atom. The van der Waals surface area contributed by atoms with Crippen molar-refractivity contribution >= 4 is 22.6 Å². The van der Waals surface area contributed by atoms with Gasteiger partial charge in [-0.1, -0.05) is 0 Å². The second kappa shape index (κ2) is 6.98. The number of anilines is 1. The third-order valence-corrected chi connectivity index (χ3v) is 7.36. The highest BCUT2D eigenvalue weighted by atomic mass is 16.4. The van der Waals surface area contributed by atoms with Crippen molar-refractivity contribution in [1.29, 1.82) is 0 Å². The van der Waals surface area contributed by atoms with Crippen LogP contribution in [0.5, 0.6) is 0 Å². The fourth-order valence-electron chi connectivity index (χ4n) is 7.04. The summed E-state index contributed by atoms with van der Waals surface area (Å²) >= 11 is 0. The molecule has 0 saturated heterocycles. The Morgan fingerprint density at radius 2 is 1.79 bits per heavy atom. The Balaban J connectivity index is 1.37. The molecule has 1 aromatic heterocycles. The molecule has 2 aromatic rings. The third-order valence-electron chi connectivity index (χ3n) is 7.36. The van der Waals surface area contributed by atoms with Gasteiger partial charge in [0.1, 0.15) is 5.58 Å². The maximum atomic E-state index is 12.2. The first-order valence-electron chi connectivity index (χ1n) is 10.9. The third kappa shape index (κ3) is 3.73. The van der Waals surface area contributed by atoms with Crippen molar-refractivity contribution in [3.63, 3.8) is 0 Å². The first-order valence-corrected chi connectivity index (χ1v) is 10.9. The average Bonchev–Trinajstić information content (AvgIpc) is 2.58. The molecule has 29 heavy (non-hydrogen) atoms. The van der Waals surface area contributed by atoms with Crippen molar-refractivity contribution in [3.8, 4) is 0 Å². The van der Waals surface area contributed by atoms with Crippen molar-refractivity contribution in [2.24, 2.45) is 23.2 Å². The number of carbonyl (C=O) groups is 1. The first kappa shape index (κ1) is 18.9. The summed E-state index contributed by atoms with van der Waals surface area (Å²) in [5.41, 5.74) is 2.32. The van der Waals surface area contributed by atoms with Gasteiger partial charge >= 0.3 is 5.63 Å². The van der Waals surface area contributed by atoms with E-state index in [2.05, 4.69) is 17.3 Å². The monoisotopic (exact) mass is 394 g/mol. The summed E-state index contributed by atoms with van der Waals surface area (Å²) < 4.78 is 5.41. The molecule has 4 saturated carbocycles. The molecular weight excluding hydrogens is 364 g/mol. The Hall–Kier alpha value is -2.14. The Morgan fingerprint density at radius 1 is 1.14 bits per heavy atom. The van der Waals surface area contributed by atoms with Crippen LogP contribution in [-0.4, -0.2) is 24.4 Å². The number of nitrogens with one attached hydrogen (secondary N) is 1. The highest BCUT2D eigenvalue weighted by Gasteiger charge is 2.50. The maximum absolute atomic E-state index is 12.2. The zero-order chi connectivity index (χ0) is 20.2. The van der Waals surface area contributed by atoms with E-state index >= 15 is 0 Å². The predicted molar refractivity (Wildman–Crippen MR) is 114 cm³/mol. The molecular formula is C24H30N2O3. The Kier molecular flexibility index (Phi) is 4.54. The van der Waals surface area contributed by atoms with E-state index in [0.717, 1.165) is 41.8 Å². The van der Waals surface area contributed by atoms with Gasteiger partial charge in [0, 0.05) is 43.2 Å². The van der Waals surface area contributed by atoms with E-state index in [0.29, 0.717) is 16.7 Å². The van der Waals surface area contributed by atoms with Crippen molar-refractivity contribution in [2.75, 3.05) is 18.9 Å².